The Balaban J connectivity index is 1.42. The molecule has 4 rings (SSSR count). The predicted molar refractivity (Wildman–Crippen MR) is 93.4 cm³/mol. The van der Waals surface area contributed by atoms with Gasteiger partial charge in [-0.3, -0.25) is 4.79 Å². The fraction of sp³-hybridized carbons (Fsp3) is 0.316. The summed E-state index contributed by atoms with van der Waals surface area (Å²) in [6, 6.07) is 11.2. The van der Waals surface area contributed by atoms with Gasteiger partial charge in [-0.2, -0.15) is 0 Å². The third-order valence-electron chi connectivity index (χ3n) is 4.40. The SMILES string of the molecule is O=C(NCc1cccc2c1OCCO2)[C@@H]1COc2ccc(Cl)cc2C1. The molecule has 0 aromatic heterocycles. The van der Waals surface area contributed by atoms with Crippen LogP contribution in [0.1, 0.15) is 11.1 Å². The monoisotopic (exact) mass is 359 g/mol. The van der Waals surface area contributed by atoms with Crippen LogP contribution < -0.4 is 19.5 Å². The normalized spacial score (nSPS) is 18.0. The molecule has 1 atom stereocenters. The molecule has 6 heteroatoms. The van der Waals surface area contributed by atoms with Gasteiger partial charge in [0.2, 0.25) is 5.91 Å². The van der Waals surface area contributed by atoms with Crippen LogP contribution in [0.25, 0.3) is 0 Å². The van der Waals surface area contributed by atoms with Crippen molar-refractivity contribution in [3.05, 3.63) is 52.5 Å². The van der Waals surface area contributed by atoms with Crippen molar-refractivity contribution >= 4 is 17.5 Å². The molecule has 25 heavy (non-hydrogen) atoms. The lowest BCUT2D eigenvalue weighted by molar-refractivity contribution is -0.126. The highest BCUT2D eigenvalue weighted by atomic mass is 35.5. The number of amides is 1. The quantitative estimate of drug-likeness (QED) is 0.915. The summed E-state index contributed by atoms with van der Waals surface area (Å²) in [7, 11) is 0. The first kappa shape index (κ1) is 16.1. The van der Waals surface area contributed by atoms with Gasteiger partial charge in [0.05, 0.1) is 5.92 Å². The maximum Gasteiger partial charge on any atom is 0.227 e. The minimum absolute atomic E-state index is 0.0417. The molecule has 2 aliphatic rings. The lowest BCUT2D eigenvalue weighted by atomic mass is 9.96. The number of fused-ring (bicyclic) bond motifs is 2. The van der Waals surface area contributed by atoms with Crippen LogP contribution in [0.2, 0.25) is 5.02 Å². The molecular formula is C19H18ClNO4. The molecule has 0 bridgehead atoms. The molecule has 0 saturated heterocycles. The number of rotatable bonds is 3. The highest BCUT2D eigenvalue weighted by Crippen LogP contribution is 2.34. The standard InChI is InChI=1S/C19H18ClNO4/c20-15-4-5-16-13(9-15)8-14(11-25-16)19(22)21-10-12-2-1-3-17-18(12)24-7-6-23-17/h1-5,9,14H,6-8,10-11H2,(H,21,22)/t14-/m0/s1. The van der Waals surface area contributed by atoms with Crippen LogP contribution in [0.4, 0.5) is 0 Å². The van der Waals surface area contributed by atoms with Gasteiger partial charge in [-0.15, -0.1) is 0 Å². The average Bonchev–Trinajstić information content (AvgIpc) is 2.65. The van der Waals surface area contributed by atoms with E-state index in [4.69, 9.17) is 25.8 Å². The first-order valence-electron chi connectivity index (χ1n) is 8.27. The van der Waals surface area contributed by atoms with Crippen molar-refractivity contribution in [2.24, 2.45) is 5.92 Å². The largest absolute Gasteiger partial charge is 0.492 e. The molecule has 1 amide bonds. The summed E-state index contributed by atoms with van der Waals surface area (Å²) in [6.07, 6.45) is 0.619. The summed E-state index contributed by atoms with van der Waals surface area (Å²) in [6.45, 7) is 1.83. The molecule has 0 fully saturated rings. The molecule has 5 nitrogen and oxygen atoms in total. The van der Waals surface area contributed by atoms with Crippen molar-refractivity contribution in [2.45, 2.75) is 13.0 Å². The Hall–Kier alpha value is -2.40. The Morgan fingerprint density at radius 1 is 1.12 bits per heavy atom. The lowest BCUT2D eigenvalue weighted by Gasteiger charge is -2.25. The van der Waals surface area contributed by atoms with Crippen molar-refractivity contribution in [3.8, 4) is 17.2 Å². The van der Waals surface area contributed by atoms with Gasteiger partial charge in [0.25, 0.3) is 0 Å². The fourth-order valence-electron chi connectivity index (χ4n) is 3.13. The van der Waals surface area contributed by atoms with Crippen molar-refractivity contribution in [3.63, 3.8) is 0 Å². The zero-order valence-corrected chi connectivity index (χ0v) is 14.3. The molecule has 0 unspecified atom stereocenters. The number of hydrogen-bond acceptors (Lipinski definition) is 4. The molecule has 2 aromatic carbocycles. The summed E-state index contributed by atoms with van der Waals surface area (Å²) in [4.78, 5) is 12.5. The van der Waals surface area contributed by atoms with Gasteiger partial charge in [-0.05, 0) is 36.2 Å². The van der Waals surface area contributed by atoms with Gasteiger partial charge in [0.15, 0.2) is 11.5 Å². The first-order chi connectivity index (χ1) is 12.2. The Bertz CT molecular complexity index is 808. The molecule has 2 heterocycles. The molecule has 2 aliphatic heterocycles. The summed E-state index contributed by atoms with van der Waals surface area (Å²) in [5, 5.41) is 3.63. The summed E-state index contributed by atoms with van der Waals surface area (Å²) >= 11 is 6.03. The number of hydrogen-bond donors (Lipinski definition) is 1. The van der Waals surface area contributed by atoms with Gasteiger partial charge in [-0.1, -0.05) is 23.7 Å². The maximum absolute atomic E-state index is 12.5. The second-order valence-electron chi connectivity index (χ2n) is 6.12. The Labute approximate surface area is 150 Å². The molecule has 0 aliphatic carbocycles. The number of nitrogens with one attached hydrogen (secondary N) is 1. The smallest absolute Gasteiger partial charge is 0.227 e. The minimum Gasteiger partial charge on any atom is -0.492 e. The highest BCUT2D eigenvalue weighted by Gasteiger charge is 2.26. The van der Waals surface area contributed by atoms with Gasteiger partial charge in [0, 0.05) is 17.1 Å². The molecule has 0 spiro atoms. The third-order valence-corrected chi connectivity index (χ3v) is 4.64. The van der Waals surface area contributed by atoms with Crippen molar-refractivity contribution in [1.29, 1.82) is 0 Å². The van der Waals surface area contributed by atoms with E-state index in [-0.39, 0.29) is 11.8 Å². The third kappa shape index (κ3) is 3.37. The van der Waals surface area contributed by atoms with Gasteiger partial charge >= 0.3 is 0 Å². The van der Waals surface area contributed by atoms with E-state index in [1.54, 1.807) is 6.07 Å². The number of carbonyl (C=O) groups is 1. The second-order valence-corrected chi connectivity index (χ2v) is 6.56. The van der Waals surface area contributed by atoms with Crippen LogP contribution in [-0.4, -0.2) is 25.7 Å². The highest BCUT2D eigenvalue weighted by molar-refractivity contribution is 6.30. The number of para-hydroxylation sites is 1. The molecule has 0 saturated carbocycles. The predicted octanol–water partition coefficient (Wildman–Crippen LogP) is 2.98. The van der Waals surface area contributed by atoms with E-state index in [0.717, 1.165) is 22.6 Å². The molecule has 130 valence electrons. The minimum atomic E-state index is -0.234. The molecule has 0 radical (unpaired) electrons. The van der Waals surface area contributed by atoms with Crippen LogP contribution in [0, 0.1) is 5.92 Å². The molecular weight excluding hydrogens is 342 g/mol. The number of carbonyl (C=O) groups excluding carboxylic acids is 1. The average molecular weight is 360 g/mol. The summed E-state index contributed by atoms with van der Waals surface area (Å²) in [5.74, 6) is 1.97. The van der Waals surface area contributed by atoms with Gasteiger partial charge in [0.1, 0.15) is 25.6 Å². The van der Waals surface area contributed by atoms with E-state index in [0.29, 0.717) is 43.6 Å². The Kier molecular flexibility index (Phi) is 4.40. The van der Waals surface area contributed by atoms with Gasteiger partial charge in [-0.25, -0.2) is 0 Å². The van der Waals surface area contributed by atoms with E-state index in [1.807, 2.05) is 30.3 Å². The lowest BCUT2D eigenvalue weighted by Crippen LogP contribution is -2.37. The Morgan fingerprint density at radius 3 is 2.92 bits per heavy atom. The van der Waals surface area contributed by atoms with E-state index in [2.05, 4.69) is 5.32 Å². The van der Waals surface area contributed by atoms with Crippen molar-refractivity contribution < 1.29 is 19.0 Å². The van der Waals surface area contributed by atoms with Crippen LogP contribution in [0.15, 0.2) is 36.4 Å². The fourth-order valence-corrected chi connectivity index (χ4v) is 3.33. The van der Waals surface area contributed by atoms with Crippen molar-refractivity contribution in [2.75, 3.05) is 19.8 Å². The topological polar surface area (TPSA) is 56.8 Å². The zero-order valence-electron chi connectivity index (χ0n) is 13.6. The second kappa shape index (κ2) is 6.84. The van der Waals surface area contributed by atoms with Crippen LogP contribution in [0.5, 0.6) is 17.2 Å². The number of benzene rings is 2. The van der Waals surface area contributed by atoms with Crippen molar-refractivity contribution in [1.82, 2.24) is 5.32 Å². The van der Waals surface area contributed by atoms with Crippen LogP contribution in [0.3, 0.4) is 0 Å². The summed E-state index contributed by atoms with van der Waals surface area (Å²) < 4.78 is 16.9. The van der Waals surface area contributed by atoms with Crippen LogP contribution >= 0.6 is 11.6 Å². The maximum atomic E-state index is 12.5. The number of ether oxygens (including phenoxy) is 3. The van der Waals surface area contributed by atoms with E-state index in [9.17, 15) is 4.79 Å². The van der Waals surface area contributed by atoms with E-state index >= 15 is 0 Å². The first-order valence-corrected chi connectivity index (χ1v) is 8.65. The molecule has 2 aromatic rings. The Morgan fingerprint density at radius 2 is 2.00 bits per heavy atom. The van der Waals surface area contributed by atoms with Gasteiger partial charge < -0.3 is 19.5 Å². The molecule has 1 N–H and O–H groups in total. The number of halogens is 1. The van der Waals surface area contributed by atoms with Crippen LogP contribution in [-0.2, 0) is 17.8 Å². The zero-order chi connectivity index (χ0) is 17.2. The van der Waals surface area contributed by atoms with E-state index < -0.39 is 0 Å². The van der Waals surface area contributed by atoms with E-state index in [1.165, 1.54) is 0 Å². The summed E-state index contributed by atoms with van der Waals surface area (Å²) in [5.41, 5.74) is 1.87.